The fourth-order valence-electron chi connectivity index (χ4n) is 3.73. The smallest absolute Gasteiger partial charge is 0.245 e. The van der Waals surface area contributed by atoms with Gasteiger partial charge >= 0.3 is 0 Å². The zero-order valence-electron chi connectivity index (χ0n) is 18.8. The van der Waals surface area contributed by atoms with E-state index < -0.39 is 0 Å². The van der Waals surface area contributed by atoms with Gasteiger partial charge in [-0.15, -0.1) is 11.3 Å². The molecule has 0 atom stereocenters. The maximum atomic E-state index is 12.8. The molecule has 8 heteroatoms. The van der Waals surface area contributed by atoms with Crippen LogP contribution in [0.3, 0.4) is 0 Å². The number of thiophene rings is 1. The summed E-state index contributed by atoms with van der Waals surface area (Å²) in [7, 11) is 1.87. The summed E-state index contributed by atoms with van der Waals surface area (Å²) < 4.78 is 0. The van der Waals surface area contributed by atoms with E-state index in [2.05, 4.69) is 32.8 Å². The average Bonchev–Trinajstić information content (AvgIpc) is 3.28. The van der Waals surface area contributed by atoms with Crippen LogP contribution in [-0.4, -0.2) is 39.4 Å². The molecular formula is C26H22N6OS. The van der Waals surface area contributed by atoms with Crippen LogP contribution in [-0.2, 0) is 4.79 Å². The van der Waals surface area contributed by atoms with Gasteiger partial charge in [-0.05, 0) is 42.3 Å². The van der Waals surface area contributed by atoms with Gasteiger partial charge in [0.2, 0.25) is 5.91 Å². The number of aryl methyl sites for hydroxylation is 1. The molecule has 0 bridgehead atoms. The quantitative estimate of drug-likeness (QED) is 0.370. The molecule has 0 aliphatic carbocycles. The van der Waals surface area contributed by atoms with Crippen molar-refractivity contribution in [2.45, 2.75) is 6.92 Å². The molecule has 1 aromatic carbocycles. The van der Waals surface area contributed by atoms with Crippen molar-refractivity contribution in [3.05, 3.63) is 84.1 Å². The maximum absolute atomic E-state index is 12.8. The predicted molar refractivity (Wildman–Crippen MR) is 137 cm³/mol. The highest BCUT2D eigenvalue weighted by molar-refractivity contribution is 7.17. The number of nitrogens with zero attached hydrogens (tertiary/aromatic N) is 5. The van der Waals surface area contributed by atoms with Crippen LogP contribution in [0.1, 0.15) is 5.56 Å². The van der Waals surface area contributed by atoms with Gasteiger partial charge in [0.05, 0.1) is 11.9 Å². The number of rotatable bonds is 6. The van der Waals surface area contributed by atoms with E-state index in [-0.39, 0.29) is 12.5 Å². The van der Waals surface area contributed by atoms with Crippen LogP contribution in [0.2, 0.25) is 0 Å². The van der Waals surface area contributed by atoms with Crippen LogP contribution in [0, 0.1) is 6.92 Å². The predicted octanol–water partition coefficient (Wildman–Crippen LogP) is 5.20. The minimum atomic E-state index is -0.174. The van der Waals surface area contributed by atoms with Crippen molar-refractivity contribution in [1.82, 2.24) is 19.9 Å². The Labute approximate surface area is 201 Å². The highest BCUT2D eigenvalue weighted by Crippen LogP contribution is 2.39. The number of aromatic nitrogens is 4. The number of amides is 1. The third-order valence-corrected chi connectivity index (χ3v) is 6.22. The van der Waals surface area contributed by atoms with Crippen LogP contribution in [0.15, 0.2) is 78.6 Å². The van der Waals surface area contributed by atoms with Crippen molar-refractivity contribution in [2.75, 3.05) is 23.8 Å². The molecule has 0 unspecified atom stereocenters. The van der Waals surface area contributed by atoms with E-state index in [4.69, 9.17) is 9.97 Å². The summed E-state index contributed by atoms with van der Waals surface area (Å²) in [5.41, 5.74) is 3.97. The van der Waals surface area contributed by atoms with E-state index in [0.717, 1.165) is 32.5 Å². The molecule has 0 saturated carbocycles. The molecule has 168 valence electrons. The molecule has 0 spiro atoms. The Kier molecular flexibility index (Phi) is 5.97. The molecule has 0 saturated heterocycles. The Morgan fingerprint density at radius 2 is 1.85 bits per heavy atom. The molecule has 5 aromatic rings. The van der Waals surface area contributed by atoms with Crippen molar-refractivity contribution >= 4 is 39.1 Å². The molecule has 0 aliphatic rings. The third-order valence-electron chi connectivity index (χ3n) is 5.34. The van der Waals surface area contributed by atoms with Gasteiger partial charge in [-0.3, -0.25) is 9.78 Å². The van der Waals surface area contributed by atoms with Gasteiger partial charge in [-0.25, -0.2) is 15.0 Å². The first-order valence-corrected chi connectivity index (χ1v) is 11.6. The second-order valence-corrected chi connectivity index (χ2v) is 8.79. The Morgan fingerprint density at radius 1 is 1.03 bits per heavy atom. The Bertz CT molecular complexity index is 1450. The fraction of sp³-hybridized carbons (Fsp3) is 0.115. The Hall–Kier alpha value is -4.17. The van der Waals surface area contributed by atoms with Crippen LogP contribution >= 0.6 is 11.3 Å². The molecule has 1 amide bonds. The second-order valence-electron chi connectivity index (χ2n) is 7.93. The zero-order chi connectivity index (χ0) is 23.5. The normalized spacial score (nSPS) is 10.9. The van der Waals surface area contributed by atoms with E-state index in [9.17, 15) is 4.79 Å². The standard InChI is InChI=1S/C26H22N6OS/c1-17-10-12-28-21(13-17)29-22(33)15-32(2)25-23-20(18-7-4-3-5-8-18)16-34-26(23)31-24(30-25)19-9-6-11-27-14-19/h3-14,16H,15H2,1-2H3,(H,28,29,33). The molecule has 34 heavy (non-hydrogen) atoms. The van der Waals surface area contributed by atoms with E-state index in [1.807, 2.05) is 61.3 Å². The van der Waals surface area contributed by atoms with Crippen LogP contribution in [0.5, 0.6) is 0 Å². The number of pyridine rings is 2. The number of fused-ring (bicyclic) bond motifs is 1. The number of carbonyl (C=O) groups excluding carboxylic acids is 1. The van der Waals surface area contributed by atoms with Crippen molar-refractivity contribution in [3.63, 3.8) is 0 Å². The first-order chi connectivity index (χ1) is 16.6. The summed E-state index contributed by atoms with van der Waals surface area (Å²) in [6.07, 6.45) is 5.14. The monoisotopic (exact) mass is 466 g/mol. The van der Waals surface area contributed by atoms with E-state index in [1.165, 1.54) is 0 Å². The summed E-state index contributed by atoms with van der Waals surface area (Å²) >= 11 is 1.56. The topological polar surface area (TPSA) is 83.9 Å². The van der Waals surface area contributed by atoms with Crippen molar-refractivity contribution in [2.24, 2.45) is 0 Å². The second kappa shape index (κ2) is 9.36. The summed E-state index contributed by atoms with van der Waals surface area (Å²) in [5, 5.41) is 5.89. The van der Waals surface area contributed by atoms with Gasteiger partial charge in [0, 0.05) is 42.1 Å². The van der Waals surface area contributed by atoms with E-state index in [1.54, 1.807) is 29.9 Å². The lowest BCUT2D eigenvalue weighted by Crippen LogP contribution is -2.31. The lowest BCUT2D eigenvalue weighted by molar-refractivity contribution is -0.114. The van der Waals surface area contributed by atoms with Crippen LogP contribution in [0.25, 0.3) is 32.7 Å². The van der Waals surface area contributed by atoms with Gasteiger partial charge in [-0.1, -0.05) is 30.3 Å². The van der Waals surface area contributed by atoms with Gasteiger partial charge in [-0.2, -0.15) is 0 Å². The highest BCUT2D eigenvalue weighted by atomic mass is 32.1. The summed E-state index contributed by atoms with van der Waals surface area (Å²) in [6, 6.07) is 17.7. The van der Waals surface area contributed by atoms with E-state index >= 15 is 0 Å². The van der Waals surface area contributed by atoms with Gasteiger partial charge in [0.1, 0.15) is 16.5 Å². The zero-order valence-corrected chi connectivity index (χ0v) is 19.6. The molecule has 0 radical (unpaired) electrons. The number of hydrogen-bond acceptors (Lipinski definition) is 7. The summed E-state index contributed by atoms with van der Waals surface area (Å²) in [4.78, 5) is 33.7. The summed E-state index contributed by atoms with van der Waals surface area (Å²) in [6.45, 7) is 2.07. The molecule has 4 aromatic heterocycles. The third kappa shape index (κ3) is 4.49. The van der Waals surface area contributed by atoms with Crippen molar-refractivity contribution in [1.29, 1.82) is 0 Å². The number of hydrogen-bond donors (Lipinski definition) is 1. The molecule has 1 N–H and O–H groups in total. The fourth-order valence-corrected chi connectivity index (χ4v) is 4.67. The molecular weight excluding hydrogens is 444 g/mol. The number of carbonyl (C=O) groups is 1. The maximum Gasteiger partial charge on any atom is 0.245 e. The SMILES string of the molecule is Cc1ccnc(NC(=O)CN(C)c2nc(-c3cccnc3)nc3scc(-c4ccccc4)c23)c1. The largest absolute Gasteiger partial charge is 0.350 e. The average molecular weight is 467 g/mol. The van der Waals surface area contributed by atoms with Crippen LogP contribution in [0.4, 0.5) is 11.6 Å². The molecule has 0 fully saturated rings. The molecule has 0 aliphatic heterocycles. The lowest BCUT2D eigenvalue weighted by Gasteiger charge is -2.20. The number of anilines is 2. The lowest BCUT2D eigenvalue weighted by atomic mass is 10.1. The minimum absolute atomic E-state index is 0.109. The van der Waals surface area contributed by atoms with Gasteiger partial charge in [0.25, 0.3) is 0 Å². The number of likely N-dealkylation sites (N-methyl/N-ethyl adjacent to an activating group) is 1. The van der Waals surface area contributed by atoms with E-state index in [0.29, 0.717) is 17.5 Å². The minimum Gasteiger partial charge on any atom is -0.350 e. The Morgan fingerprint density at radius 3 is 2.62 bits per heavy atom. The summed E-state index contributed by atoms with van der Waals surface area (Å²) in [5.74, 6) is 1.62. The molecule has 4 heterocycles. The first-order valence-electron chi connectivity index (χ1n) is 10.8. The van der Waals surface area contributed by atoms with Crippen molar-refractivity contribution in [3.8, 4) is 22.5 Å². The van der Waals surface area contributed by atoms with Crippen LogP contribution < -0.4 is 10.2 Å². The number of nitrogens with one attached hydrogen (secondary N) is 1. The highest BCUT2D eigenvalue weighted by Gasteiger charge is 2.20. The van der Waals surface area contributed by atoms with Gasteiger partial charge < -0.3 is 10.2 Å². The van der Waals surface area contributed by atoms with Gasteiger partial charge in [0.15, 0.2) is 5.82 Å². The Balaban J connectivity index is 1.55. The number of benzene rings is 1. The molecule has 5 rings (SSSR count). The first kappa shape index (κ1) is 21.7. The van der Waals surface area contributed by atoms with Crippen molar-refractivity contribution < 1.29 is 4.79 Å². The molecule has 7 nitrogen and oxygen atoms in total.